The summed E-state index contributed by atoms with van der Waals surface area (Å²) >= 11 is 0. The quantitative estimate of drug-likeness (QED) is 0.349. The van der Waals surface area contributed by atoms with Crippen LogP contribution in [0.2, 0.25) is 0 Å². The molecule has 1 aromatic heterocycles. The van der Waals surface area contributed by atoms with Gasteiger partial charge in [0.05, 0.1) is 6.33 Å². The normalized spacial score (nSPS) is 26.5. The van der Waals surface area contributed by atoms with Gasteiger partial charge in [-0.2, -0.15) is 0 Å². The van der Waals surface area contributed by atoms with Crippen LogP contribution in [-0.2, 0) is 14.3 Å². The molecule has 0 bridgehead atoms. The predicted molar refractivity (Wildman–Crippen MR) is 102 cm³/mol. The second kappa shape index (κ2) is 9.35. The highest BCUT2D eigenvalue weighted by Crippen LogP contribution is 2.33. The number of carbonyl (C=O) groups excluding carboxylic acids is 1. The van der Waals surface area contributed by atoms with Gasteiger partial charge in [-0.3, -0.25) is 9.36 Å². The van der Waals surface area contributed by atoms with Gasteiger partial charge in [0.1, 0.15) is 48.9 Å². The average Bonchev–Trinajstić information content (AvgIpc) is 3.23. The number of amidine groups is 1. The predicted octanol–water partition coefficient (Wildman–Crippen LogP) is 0.494. The number of ether oxygens (including phenoxy) is 2. The van der Waals surface area contributed by atoms with Crippen molar-refractivity contribution in [1.29, 1.82) is 0 Å². The summed E-state index contributed by atoms with van der Waals surface area (Å²) < 4.78 is 12.6. The van der Waals surface area contributed by atoms with Crippen molar-refractivity contribution in [3.63, 3.8) is 0 Å². The summed E-state index contributed by atoms with van der Waals surface area (Å²) in [5, 5.41) is 23.7. The molecule has 0 amide bonds. The number of imidazole rings is 1. The van der Waals surface area contributed by atoms with E-state index in [0.29, 0.717) is 23.8 Å². The molecule has 10 nitrogen and oxygen atoms in total. The number of anilines is 1. The number of nitrogens with zero attached hydrogens (tertiary/aromatic N) is 3. The number of aliphatic hydroxyl groups is 2. The third-order valence-electron chi connectivity index (χ3n) is 5.04. The molecular formula is C18H29N5O5. The first kappa shape index (κ1) is 20.6. The van der Waals surface area contributed by atoms with E-state index in [1.165, 1.54) is 12.7 Å². The molecule has 2 aliphatic heterocycles. The Bertz CT molecular complexity index is 707. The van der Waals surface area contributed by atoms with Crippen molar-refractivity contribution >= 4 is 17.6 Å². The first-order valence-corrected chi connectivity index (χ1v) is 9.81. The summed E-state index contributed by atoms with van der Waals surface area (Å²) in [6.07, 6.45) is 2.95. The molecule has 0 aromatic carbocycles. The minimum atomic E-state index is -1.20. The van der Waals surface area contributed by atoms with Gasteiger partial charge in [-0.25, -0.2) is 9.98 Å². The number of hydrogen-bond acceptors (Lipinski definition) is 9. The van der Waals surface area contributed by atoms with Gasteiger partial charge in [-0.1, -0.05) is 32.6 Å². The van der Waals surface area contributed by atoms with E-state index < -0.39 is 24.5 Å². The van der Waals surface area contributed by atoms with Crippen molar-refractivity contribution in [2.45, 2.75) is 70.0 Å². The van der Waals surface area contributed by atoms with Crippen LogP contribution in [0, 0.1) is 0 Å². The van der Waals surface area contributed by atoms with Crippen LogP contribution in [-0.4, -0.2) is 63.2 Å². The van der Waals surface area contributed by atoms with Gasteiger partial charge in [0.15, 0.2) is 6.23 Å². The average molecular weight is 395 g/mol. The maximum absolute atomic E-state index is 11.9. The minimum absolute atomic E-state index is 0.115. The lowest BCUT2D eigenvalue weighted by molar-refractivity contribution is -0.150. The molecule has 4 atom stereocenters. The Balaban J connectivity index is 1.52. The fourth-order valence-corrected chi connectivity index (χ4v) is 3.41. The second-order valence-corrected chi connectivity index (χ2v) is 7.12. The summed E-state index contributed by atoms with van der Waals surface area (Å²) in [5.41, 5.74) is 6.29. The van der Waals surface area contributed by atoms with Crippen molar-refractivity contribution < 1.29 is 24.5 Å². The molecule has 5 N–H and O–H groups in total. The van der Waals surface area contributed by atoms with Crippen LogP contribution in [0.5, 0.6) is 0 Å². The highest BCUT2D eigenvalue weighted by atomic mass is 16.6. The molecule has 28 heavy (non-hydrogen) atoms. The number of nitrogens with two attached hydrogens (primary N) is 1. The molecular weight excluding hydrogens is 366 g/mol. The number of unbranched alkanes of at least 4 members (excludes halogenated alkanes) is 4. The molecule has 1 fully saturated rings. The number of carbonyl (C=O) groups is 1. The van der Waals surface area contributed by atoms with Crippen LogP contribution in [0.1, 0.15) is 57.4 Å². The Morgan fingerprint density at radius 2 is 2.14 bits per heavy atom. The van der Waals surface area contributed by atoms with Gasteiger partial charge in [0, 0.05) is 6.42 Å². The van der Waals surface area contributed by atoms with Crippen LogP contribution in [0.15, 0.2) is 11.3 Å². The summed E-state index contributed by atoms with van der Waals surface area (Å²) in [5.74, 6) is 0.536. The zero-order valence-corrected chi connectivity index (χ0v) is 16.1. The van der Waals surface area contributed by atoms with Crippen LogP contribution in [0.4, 0.5) is 5.82 Å². The molecule has 3 rings (SSSR count). The summed E-state index contributed by atoms with van der Waals surface area (Å²) in [4.78, 5) is 20.1. The standard InChI is InChI=1S/C18H29N5O5/c1-2-3-4-5-6-7-12(24)27-8-11-14(25)15(26)18(28-11)23-10-22-13-16(19)20-9-21-17(13)23/h10-11,14-15,18,21,25-26H,2-9H2,1H3,(H2,19,20). The first-order valence-electron chi connectivity index (χ1n) is 9.81. The molecule has 2 aliphatic rings. The maximum Gasteiger partial charge on any atom is 0.305 e. The van der Waals surface area contributed by atoms with Crippen molar-refractivity contribution in [2.24, 2.45) is 10.7 Å². The Kier molecular flexibility index (Phi) is 6.87. The number of hydrogen-bond donors (Lipinski definition) is 4. The number of aliphatic imine (C=N–C) groups is 1. The van der Waals surface area contributed by atoms with Gasteiger partial charge in [-0.05, 0) is 6.42 Å². The van der Waals surface area contributed by atoms with Crippen molar-refractivity contribution in [2.75, 3.05) is 18.6 Å². The van der Waals surface area contributed by atoms with Gasteiger partial charge < -0.3 is 30.7 Å². The number of nitrogens with one attached hydrogen (secondary N) is 1. The third kappa shape index (κ3) is 4.45. The summed E-state index contributed by atoms with van der Waals surface area (Å²) in [6, 6.07) is 0. The SMILES string of the molecule is CCCCCCCC(=O)OCC1OC(n2cnc3c2NCN=C3N)C(O)C1O. The fourth-order valence-electron chi connectivity index (χ4n) is 3.41. The number of esters is 1. The van der Waals surface area contributed by atoms with Gasteiger partial charge in [0.25, 0.3) is 0 Å². The van der Waals surface area contributed by atoms with E-state index in [0.717, 1.165) is 25.7 Å². The lowest BCUT2D eigenvalue weighted by atomic mass is 10.1. The zero-order chi connectivity index (χ0) is 20.1. The summed E-state index contributed by atoms with van der Waals surface area (Å²) in [7, 11) is 0. The topological polar surface area (TPSA) is 144 Å². The van der Waals surface area contributed by atoms with Crippen LogP contribution >= 0.6 is 0 Å². The largest absolute Gasteiger partial charge is 0.463 e. The minimum Gasteiger partial charge on any atom is -0.463 e. The monoisotopic (exact) mass is 395 g/mol. The number of fused-ring (bicyclic) bond motifs is 1. The van der Waals surface area contributed by atoms with Gasteiger partial charge >= 0.3 is 5.97 Å². The number of aliphatic hydroxyl groups excluding tert-OH is 2. The molecule has 0 spiro atoms. The van der Waals surface area contributed by atoms with Crippen molar-refractivity contribution in [3.8, 4) is 0 Å². The zero-order valence-electron chi connectivity index (χ0n) is 16.1. The Labute approximate surface area is 163 Å². The lowest BCUT2D eigenvalue weighted by Gasteiger charge is -2.21. The first-order chi connectivity index (χ1) is 13.5. The Morgan fingerprint density at radius 3 is 2.93 bits per heavy atom. The van der Waals surface area contributed by atoms with Gasteiger partial charge in [-0.15, -0.1) is 0 Å². The molecule has 0 aliphatic carbocycles. The number of rotatable bonds is 9. The molecule has 4 unspecified atom stereocenters. The van der Waals surface area contributed by atoms with Crippen molar-refractivity contribution in [3.05, 3.63) is 12.0 Å². The molecule has 0 radical (unpaired) electrons. The van der Waals surface area contributed by atoms with E-state index in [1.807, 2.05) is 0 Å². The van der Waals surface area contributed by atoms with Crippen LogP contribution < -0.4 is 11.1 Å². The highest BCUT2D eigenvalue weighted by Gasteiger charge is 2.45. The van der Waals surface area contributed by atoms with E-state index >= 15 is 0 Å². The number of aromatic nitrogens is 2. The van der Waals surface area contributed by atoms with E-state index in [1.54, 1.807) is 4.57 Å². The van der Waals surface area contributed by atoms with E-state index in [4.69, 9.17) is 15.2 Å². The van der Waals surface area contributed by atoms with Crippen LogP contribution in [0.25, 0.3) is 0 Å². The molecule has 0 saturated carbocycles. The second-order valence-electron chi connectivity index (χ2n) is 7.12. The Hall–Kier alpha value is -2.17. The fraction of sp³-hybridized carbons (Fsp3) is 0.722. The van der Waals surface area contributed by atoms with Gasteiger partial charge in [0.2, 0.25) is 0 Å². The van der Waals surface area contributed by atoms with E-state index in [2.05, 4.69) is 22.2 Å². The molecule has 3 heterocycles. The lowest BCUT2D eigenvalue weighted by Crippen LogP contribution is -2.34. The maximum atomic E-state index is 11.9. The van der Waals surface area contributed by atoms with E-state index in [9.17, 15) is 15.0 Å². The van der Waals surface area contributed by atoms with Crippen molar-refractivity contribution in [1.82, 2.24) is 9.55 Å². The summed E-state index contributed by atoms with van der Waals surface area (Å²) in [6.45, 7) is 2.31. The van der Waals surface area contributed by atoms with Crippen LogP contribution in [0.3, 0.4) is 0 Å². The third-order valence-corrected chi connectivity index (χ3v) is 5.04. The molecule has 156 valence electrons. The Morgan fingerprint density at radius 1 is 1.36 bits per heavy atom. The highest BCUT2D eigenvalue weighted by molar-refractivity contribution is 6.01. The molecule has 1 aromatic rings. The van der Waals surface area contributed by atoms with E-state index in [-0.39, 0.29) is 19.2 Å². The molecule has 1 saturated heterocycles. The molecule has 10 heteroatoms. The smallest absolute Gasteiger partial charge is 0.305 e.